The highest BCUT2D eigenvalue weighted by Gasteiger charge is 2.07. The Morgan fingerprint density at radius 3 is 2.65 bits per heavy atom. The van der Waals surface area contributed by atoms with E-state index in [2.05, 4.69) is 31.3 Å². The summed E-state index contributed by atoms with van der Waals surface area (Å²) in [5.74, 6) is 0.547. The molecule has 0 atom stereocenters. The fraction of sp³-hybridized carbons (Fsp3) is 0.105. The molecule has 0 aliphatic heterocycles. The number of pyridine rings is 1. The van der Waals surface area contributed by atoms with Crippen molar-refractivity contribution in [2.24, 2.45) is 0 Å². The van der Waals surface area contributed by atoms with Crippen molar-refractivity contribution in [3.63, 3.8) is 0 Å². The molecule has 0 aliphatic carbocycles. The van der Waals surface area contributed by atoms with Crippen LogP contribution in [0.4, 0.5) is 5.95 Å². The normalized spacial score (nSPS) is 11.0. The van der Waals surface area contributed by atoms with Gasteiger partial charge in [0.2, 0.25) is 5.95 Å². The molecular weight excluding hydrogens is 369 g/mol. The van der Waals surface area contributed by atoms with Crippen LogP contribution in [0.1, 0.15) is 16.7 Å². The van der Waals surface area contributed by atoms with Crippen molar-refractivity contribution < 1.29 is 0 Å². The highest BCUT2D eigenvalue weighted by Crippen LogP contribution is 2.26. The number of fused-ring (bicyclic) bond motifs is 1. The molecule has 4 rings (SSSR count). The lowest BCUT2D eigenvalue weighted by molar-refractivity contribution is 1.02. The van der Waals surface area contributed by atoms with Gasteiger partial charge in [0.1, 0.15) is 5.65 Å². The van der Waals surface area contributed by atoms with Gasteiger partial charge in [-0.3, -0.25) is 0 Å². The fourth-order valence-corrected chi connectivity index (χ4v) is 3.16. The number of nitrogens with one attached hydrogen (secondary N) is 2. The summed E-state index contributed by atoms with van der Waals surface area (Å²) in [6.45, 7) is 0.507. The lowest BCUT2D eigenvalue weighted by Crippen LogP contribution is -2.04. The van der Waals surface area contributed by atoms with Crippen molar-refractivity contribution in [3.05, 3.63) is 81.9 Å². The molecule has 26 heavy (non-hydrogen) atoms. The molecule has 7 heteroatoms. The average Bonchev–Trinajstić information content (AvgIpc) is 3.07. The predicted molar refractivity (Wildman–Crippen MR) is 105 cm³/mol. The van der Waals surface area contributed by atoms with Crippen molar-refractivity contribution >= 4 is 40.2 Å². The molecule has 130 valence electrons. The fourth-order valence-electron chi connectivity index (χ4n) is 2.78. The van der Waals surface area contributed by atoms with E-state index in [1.807, 2.05) is 36.8 Å². The second-order valence-corrected chi connectivity index (χ2v) is 6.66. The molecule has 0 saturated carbocycles. The summed E-state index contributed by atoms with van der Waals surface area (Å²) < 4.78 is 0. The van der Waals surface area contributed by atoms with Gasteiger partial charge in [-0.1, -0.05) is 35.3 Å². The lowest BCUT2D eigenvalue weighted by Gasteiger charge is -2.08. The molecule has 0 unspecified atom stereocenters. The summed E-state index contributed by atoms with van der Waals surface area (Å²) >= 11 is 12.2. The van der Waals surface area contributed by atoms with Crippen LogP contribution in [0.3, 0.4) is 0 Å². The van der Waals surface area contributed by atoms with E-state index in [-0.39, 0.29) is 0 Å². The molecule has 1 aromatic carbocycles. The van der Waals surface area contributed by atoms with Crippen LogP contribution in [0.2, 0.25) is 10.0 Å². The van der Waals surface area contributed by atoms with E-state index in [4.69, 9.17) is 23.2 Å². The maximum absolute atomic E-state index is 6.19. The summed E-state index contributed by atoms with van der Waals surface area (Å²) in [5.41, 5.74) is 3.99. The van der Waals surface area contributed by atoms with Crippen LogP contribution in [0.15, 0.2) is 55.1 Å². The molecule has 4 aromatic rings. The number of aromatic amines is 1. The maximum atomic E-state index is 6.19. The quantitative estimate of drug-likeness (QED) is 0.516. The van der Waals surface area contributed by atoms with E-state index >= 15 is 0 Å². The topological polar surface area (TPSA) is 66.5 Å². The highest BCUT2D eigenvalue weighted by atomic mass is 35.5. The number of halogens is 2. The van der Waals surface area contributed by atoms with Crippen LogP contribution in [0.25, 0.3) is 11.0 Å². The third-order valence-corrected chi connectivity index (χ3v) is 4.96. The Morgan fingerprint density at radius 1 is 0.962 bits per heavy atom. The molecule has 5 nitrogen and oxygen atoms in total. The second kappa shape index (κ2) is 7.32. The van der Waals surface area contributed by atoms with Gasteiger partial charge >= 0.3 is 0 Å². The van der Waals surface area contributed by atoms with Gasteiger partial charge < -0.3 is 10.3 Å². The summed E-state index contributed by atoms with van der Waals surface area (Å²) in [7, 11) is 0. The van der Waals surface area contributed by atoms with Gasteiger partial charge in [0.25, 0.3) is 0 Å². The maximum Gasteiger partial charge on any atom is 0.222 e. The number of benzene rings is 1. The number of hydrogen-bond donors (Lipinski definition) is 2. The molecule has 0 aliphatic rings. The average molecular weight is 384 g/mol. The standard InChI is InChI=1S/C19H15Cl2N5/c20-16-5-1-3-13(17(16)21)10-26-19-24-8-12(9-25-19)7-14-11-23-18-15(14)4-2-6-22-18/h1-6,8-9,11H,7,10H2,(H,22,23)(H,24,25,26). The van der Waals surface area contributed by atoms with Gasteiger partial charge in [0.05, 0.1) is 10.0 Å². The largest absolute Gasteiger partial charge is 0.350 e. The Morgan fingerprint density at radius 2 is 1.81 bits per heavy atom. The Balaban J connectivity index is 1.44. The predicted octanol–water partition coefficient (Wildman–Crippen LogP) is 4.86. The first-order chi connectivity index (χ1) is 12.7. The smallest absolute Gasteiger partial charge is 0.222 e. The van der Waals surface area contributed by atoms with E-state index in [0.29, 0.717) is 22.5 Å². The van der Waals surface area contributed by atoms with Crippen molar-refractivity contribution in [3.8, 4) is 0 Å². The Bertz CT molecular complexity index is 1040. The minimum atomic E-state index is 0.507. The minimum absolute atomic E-state index is 0.507. The minimum Gasteiger partial charge on any atom is -0.350 e. The zero-order chi connectivity index (χ0) is 17.9. The molecule has 0 saturated heterocycles. The number of nitrogens with zero attached hydrogens (tertiary/aromatic N) is 3. The number of aromatic nitrogens is 4. The third-order valence-electron chi connectivity index (χ3n) is 4.11. The van der Waals surface area contributed by atoms with E-state index in [9.17, 15) is 0 Å². The van der Waals surface area contributed by atoms with Gasteiger partial charge in [0, 0.05) is 43.1 Å². The van der Waals surface area contributed by atoms with Crippen LogP contribution in [-0.2, 0) is 13.0 Å². The van der Waals surface area contributed by atoms with E-state index in [0.717, 1.165) is 28.6 Å². The summed E-state index contributed by atoms with van der Waals surface area (Å²) in [5, 5.41) is 5.36. The van der Waals surface area contributed by atoms with Crippen LogP contribution in [0, 0.1) is 0 Å². The Kier molecular flexibility index (Phi) is 4.73. The lowest BCUT2D eigenvalue weighted by atomic mass is 10.1. The zero-order valence-corrected chi connectivity index (χ0v) is 15.2. The van der Waals surface area contributed by atoms with Crippen molar-refractivity contribution in [2.75, 3.05) is 5.32 Å². The van der Waals surface area contributed by atoms with Gasteiger partial charge in [0.15, 0.2) is 0 Å². The Labute approximate surface area is 160 Å². The highest BCUT2D eigenvalue weighted by molar-refractivity contribution is 6.42. The third kappa shape index (κ3) is 3.49. The number of hydrogen-bond acceptors (Lipinski definition) is 4. The SMILES string of the molecule is Clc1cccc(CNc2ncc(Cc3c[nH]c4ncccc34)cn2)c1Cl. The molecule has 0 bridgehead atoms. The first-order valence-corrected chi connectivity index (χ1v) is 8.85. The van der Waals surface area contributed by atoms with E-state index < -0.39 is 0 Å². The monoisotopic (exact) mass is 383 g/mol. The molecule has 0 radical (unpaired) electrons. The van der Waals surface area contributed by atoms with Crippen molar-refractivity contribution in [2.45, 2.75) is 13.0 Å². The van der Waals surface area contributed by atoms with Gasteiger partial charge in [-0.05, 0) is 34.9 Å². The number of anilines is 1. The van der Waals surface area contributed by atoms with E-state index in [1.165, 1.54) is 5.56 Å². The van der Waals surface area contributed by atoms with Crippen LogP contribution in [0.5, 0.6) is 0 Å². The van der Waals surface area contributed by atoms with Crippen LogP contribution in [-0.4, -0.2) is 19.9 Å². The molecule has 0 spiro atoms. The molecule has 0 fully saturated rings. The Hall–Kier alpha value is -2.63. The van der Waals surface area contributed by atoms with Crippen LogP contribution < -0.4 is 5.32 Å². The summed E-state index contributed by atoms with van der Waals surface area (Å²) in [6.07, 6.45) is 8.14. The van der Waals surface area contributed by atoms with Crippen molar-refractivity contribution in [1.29, 1.82) is 0 Å². The van der Waals surface area contributed by atoms with Gasteiger partial charge in [-0.15, -0.1) is 0 Å². The molecule has 2 N–H and O–H groups in total. The number of rotatable bonds is 5. The zero-order valence-electron chi connectivity index (χ0n) is 13.7. The first-order valence-electron chi connectivity index (χ1n) is 8.09. The van der Waals surface area contributed by atoms with Crippen LogP contribution >= 0.6 is 23.2 Å². The summed E-state index contributed by atoms with van der Waals surface area (Å²) in [6, 6.07) is 9.54. The summed E-state index contributed by atoms with van der Waals surface area (Å²) in [4.78, 5) is 16.3. The second-order valence-electron chi connectivity index (χ2n) is 5.87. The van der Waals surface area contributed by atoms with Gasteiger partial charge in [-0.2, -0.15) is 0 Å². The molecule has 0 amide bonds. The number of H-pyrrole nitrogens is 1. The molecule has 3 heterocycles. The molecular formula is C19H15Cl2N5. The van der Waals surface area contributed by atoms with E-state index in [1.54, 1.807) is 12.3 Å². The first kappa shape index (κ1) is 16.8. The molecule has 3 aromatic heterocycles. The van der Waals surface area contributed by atoms with Crippen molar-refractivity contribution in [1.82, 2.24) is 19.9 Å². The van der Waals surface area contributed by atoms with Gasteiger partial charge in [-0.25, -0.2) is 15.0 Å².